The second-order valence-electron chi connectivity index (χ2n) is 2.68. The van der Waals surface area contributed by atoms with Gasteiger partial charge in [-0.25, -0.2) is 0 Å². The molecule has 0 spiro atoms. The summed E-state index contributed by atoms with van der Waals surface area (Å²) in [5.74, 6) is 0. The van der Waals surface area contributed by atoms with Crippen LogP contribution in [0.4, 0.5) is 0 Å². The van der Waals surface area contributed by atoms with E-state index in [-0.39, 0.29) is 6.04 Å². The van der Waals surface area contributed by atoms with E-state index < -0.39 is 0 Å². The lowest BCUT2D eigenvalue weighted by Crippen LogP contribution is -2.18. The molecule has 12 heavy (non-hydrogen) atoms. The minimum absolute atomic E-state index is 0.288. The van der Waals surface area contributed by atoms with Crippen molar-refractivity contribution >= 4 is 0 Å². The average Bonchev–Trinajstić information content (AvgIpc) is 2.15. The minimum Gasteiger partial charge on any atom is -0.307 e. The highest BCUT2D eigenvalue weighted by atomic mass is 14.9. The molecule has 0 saturated heterocycles. The van der Waals surface area contributed by atoms with Gasteiger partial charge in [0.05, 0.1) is 6.04 Å². The van der Waals surface area contributed by atoms with Gasteiger partial charge in [-0.2, -0.15) is 0 Å². The van der Waals surface area contributed by atoms with Crippen LogP contribution in [0.3, 0.4) is 0 Å². The molecule has 0 aliphatic heterocycles. The summed E-state index contributed by atoms with van der Waals surface area (Å²) in [5.41, 5.74) is 1.27. The summed E-state index contributed by atoms with van der Waals surface area (Å²) < 4.78 is 0. The van der Waals surface area contributed by atoms with Crippen molar-refractivity contribution in [2.24, 2.45) is 0 Å². The van der Waals surface area contributed by atoms with Crippen LogP contribution in [0, 0.1) is 0 Å². The van der Waals surface area contributed by atoms with Gasteiger partial charge in [-0.15, -0.1) is 6.58 Å². The van der Waals surface area contributed by atoms with E-state index in [0.29, 0.717) is 0 Å². The monoisotopic (exact) mass is 161 g/mol. The zero-order valence-corrected chi connectivity index (χ0v) is 7.46. The van der Waals surface area contributed by atoms with Crippen LogP contribution in [-0.2, 0) is 0 Å². The number of hydrogen-bond acceptors (Lipinski definition) is 1. The van der Waals surface area contributed by atoms with E-state index in [4.69, 9.17) is 0 Å². The van der Waals surface area contributed by atoms with Crippen LogP contribution < -0.4 is 5.32 Å². The Morgan fingerprint density at radius 3 is 2.58 bits per heavy atom. The van der Waals surface area contributed by atoms with Crippen molar-refractivity contribution in [1.82, 2.24) is 5.32 Å². The zero-order valence-electron chi connectivity index (χ0n) is 7.46. The third-order valence-electron chi connectivity index (χ3n) is 1.82. The van der Waals surface area contributed by atoms with Crippen molar-refractivity contribution in [3.05, 3.63) is 48.6 Å². The lowest BCUT2D eigenvalue weighted by Gasteiger charge is -2.12. The maximum absolute atomic E-state index is 3.79. The second-order valence-corrected chi connectivity index (χ2v) is 2.68. The van der Waals surface area contributed by atoms with Gasteiger partial charge in [0.25, 0.3) is 0 Å². The van der Waals surface area contributed by atoms with Crippen molar-refractivity contribution in [2.75, 3.05) is 6.54 Å². The van der Waals surface area contributed by atoms with Gasteiger partial charge >= 0.3 is 0 Å². The normalized spacial score (nSPS) is 12.4. The summed E-state index contributed by atoms with van der Waals surface area (Å²) in [7, 11) is 0. The highest BCUT2D eigenvalue weighted by Gasteiger charge is 2.02. The molecule has 0 heterocycles. The molecule has 1 aromatic carbocycles. The average molecular weight is 161 g/mol. The van der Waals surface area contributed by atoms with Crippen LogP contribution in [0.2, 0.25) is 0 Å². The van der Waals surface area contributed by atoms with Gasteiger partial charge in [0, 0.05) is 0 Å². The van der Waals surface area contributed by atoms with Gasteiger partial charge in [0.1, 0.15) is 0 Å². The second kappa shape index (κ2) is 4.73. The van der Waals surface area contributed by atoms with Crippen LogP contribution in [0.1, 0.15) is 18.5 Å². The lowest BCUT2D eigenvalue weighted by atomic mass is 10.1. The molecule has 0 amide bonds. The van der Waals surface area contributed by atoms with Crippen LogP contribution in [0.5, 0.6) is 0 Å². The Labute approximate surface area is 74.1 Å². The Bertz CT molecular complexity index is 228. The molecule has 1 nitrogen and oxygen atoms in total. The number of benzene rings is 1. The highest BCUT2D eigenvalue weighted by molar-refractivity contribution is 5.22. The van der Waals surface area contributed by atoms with Crippen LogP contribution >= 0.6 is 0 Å². The number of hydrogen-bond donors (Lipinski definition) is 1. The molecule has 64 valence electrons. The maximum Gasteiger partial charge on any atom is 0.0503 e. The van der Waals surface area contributed by atoms with E-state index in [1.165, 1.54) is 5.56 Å². The molecule has 1 rings (SSSR count). The van der Waals surface area contributed by atoms with E-state index in [9.17, 15) is 0 Å². The topological polar surface area (TPSA) is 12.0 Å². The summed E-state index contributed by atoms with van der Waals surface area (Å²) in [6.07, 6.45) is 1.93. The molecular formula is C11H15N. The zero-order chi connectivity index (χ0) is 8.81. The molecule has 0 saturated carbocycles. The van der Waals surface area contributed by atoms with Crippen molar-refractivity contribution in [1.29, 1.82) is 0 Å². The third kappa shape index (κ3) is 2.21. The highest BCUT2D eigenvalue weighted by Crippen LogP contribution is 2.12. The smallest absolute Gasteiger partial charge is 0.0503 e. The summed E-state index contributed by atoms with van der Waals surface area (Å²) in [6, 6.07) is 10.6. The first-order valence-electron chi connectivity index (χ1n) is 4.29. The first-order valence-corrected chi connectivity index (χ1v) is 4.29. The Hall–Kier alpha value is -1.08. The van der Waals surface area contributed by atoms with E-state index in [2.05, 4.69) is 31.0 Å². The first-order chi connectivity index (χ1) is 5.88. The van der Waals surface area contributed by atoms with Crippen molar-refractivity contribution in [3.8, 4) is 0 Å². The van der Waals surface area contributed by atoms with Gasteiger partial charge in [-0.1, -0.05) is 43.3 Å². The minimum atomic E-state index is 0.288. The number of rotatable bonds is 4. The SMILES string of the molecule is C=CC(NCC)c1ccccc1. The molecule has 0 aliphatic carbocycles. The Kier molecular flexibility index (Phi) is 3.55. The third-order valence-corrected chi connectivity index (χ3v) is 1.82. The van der Waals surface area contributed by atoms with Gasteiger partial charge in [-0.05, 0) is 12.1 Å². The Morgan fingerprint density at radius 1 is 1.42 bits per heavy atom. The van der Waals surface area contributed by atoms with Crippen molar-refractivity contribution in [3.63, 3.8) is 0 Å². The Balaban J connectivity index is 2.73. The van der Waals surface area contributed by atoms with E-state index in [1.54, 1.807) is 0 Å². The number of likely N-dealkylation sites (N-methyl/N-ethyl adjacent to an activating group) is 1. The van der Waals surface area contributed by atoms with Gasteiger partial charge < -0.3 is 5.32 Å². The standard InChI is InChI=1S/C11H15N/c1-3-11(12-4-2)10-8-6-5-7-9-10/h3,5-9,11-12H,1,4H2,2H3. The molecule has 0 aliphatic rings. The predicted molar refractivity (Wildman–Crippen MR) is 53.1 cm³/mol. The molecule has 1 atom stereocenters. The maximum atomic E-state index is 3.79. The van der Waals surface area contributed by atoms with Crippen molar-refractivity contribution < 1.29 is 0 Å². The lowest BCUT2D eigenvalue weighted by molar-refractivity contribution is 0.649. The van der Waals surface area contributed by atoms with Gasteiger partial charge in [0.2, 0.25) is 0 Å². The molecule has 1 N–H and O–H groups in total. The molecule has 0 fully saturated rings. The van der Waals surface area contributed by atoms with E-state index in [1.807, 2.05) is 24.3 Å². The van der Waals surface area contributed by atoms with Gasteiger partial charge in [0.15, 0.2) is 0 Å². The fourth-order valence-corrected chi connectivity index (χ4v) is 1.22. The van der Waals surface area contributed by atoms with Crippen LogP contribution in [0.25, 0.3) is 0 Å². The fourth-order valence-electron chi connectivity index (χ4n) is 1.22. The largest absolute Gasteiger partial charge is 0.307 e. The summed E-state index contributed by atoms with van der Waals surface area (Å²) in [4.78, 5) is 0. The predicted octanol–water partition coefficient (Wildman–Crippen LogP) is 2.52. The molecular weight excluding hydrogens is 146 g/mol. The molecule has 1 heteroatoms. The summed E-state index contributed by atoms with van der Waals surface area (Å²) >= 11 is 0. The summed E-state index contributed by atoms with van der Waals surface area (Å²) in [5, 5.41) is 3.33. The quantitative estimate of drug-likeness (QED) is 0.669. The fraction of sp³-hybridized carbons (Fsp3) is 0.273. The number of nitrogens with one attached hydrogen (secondary N) is 1. The molecule has 1 unspecified atom stereocenters. The Morgan fingerprint density at radius 2 is 2.08 bits per heavy atom. The van der Waals surface area contributed by atoms with E-state index >= 15 is 0 Å². The van der Waals surface area contributed by atoms with Crippen LogP contribution in [-0.4, -0.2) is 6.54 Å². The summed E-state index contributed by atoms with van der Waals surface area (Å²) in [6.45, 7) is 6.85. The van der Waals surface area contributed by atoms with Crippen LogP contribution in [0.15, 0.2) is 43.0 Å². The van der Waals surface area contributed by atoms with E-state index in [0.717, 1.165) is 6.54 Å². The molecule has 0 bridgehead atoms. The van der Waals surface area contributed by atoms with Crippen molar-refractivity contribution in [2.45, 2.75) is 13.0 Å². The first kappa shape index (κ1) is 9.01. The molecule has 0 radical (unpaired) electrons. The molecule has 1 aromatic rings. The molecule has 0 aromatic heterocycles. The van der Waals surface area contributed by atoms with Gasteiger partial charge in [-0.3, -0.25) is 0 Å².